The van der Waals surface area contributed by atoms with Gasteiger partial charge in [-0.2, -0.15) is 0 Å². The summed E-state index contributed by atoms with van der Waals surface area (Å²) in [4.78, 5) is 20.1. The third-order valence-corrected chi connectivity index (χ3v) is 5.55. The van der Waals surface area contributed by atoms with E-state index in [-0.39, 0.29) is 11.9 Å². The van der Waals surface area contributed by atoms with Gasteiger partial charge >= 0.3 is 0 Å². The van der Waals surface area contributed by atoms with E-state index >= 15 is 0 Å². The van der Waals surface area contributed by atoms with Crippen LogP contribution in [0.4, 0.5) is 5.13 Å². The van der Waals surface area contributed by atoms with Crippen LogP contribution in [0.15, 0.2) is 0 Å². The van der Waals surface area contributed by atoms with E-state index in [9.17, 15) is 4.79 Å². The molecule has 7 heteroatoms. The molecule has 3 heterocycles. The minimum atomic E-state index is -0.393. The molecule has 2 fully saturated rings. The van der Waals surface area contributed by atoms with Gasteiger partial charge in [0.1, 0.15) is 0 Å². The van der Waals surface area contributed by atoms with E-state index in [4.69, 9.17) is 9.47 Å². The number of aryl methyl sites for hydroxylation is 2. The van der Waals surface area contributed by atoms with Crippen LogP contribution in [0.3, 0.4) is 0 Å². The van der Waals surface area contributed by atoms with Crippen LogP contribution in [0.25, 0.3) is 0 Å². The van der Waals surface area contributed by atoms with Gasteiger partial charge in [0, 0.05) is 30.8 Å². The largest absolute Gasteiger partial charge is 0.347 e. The van der Waals surface area contributed by atoms with E-state index in [0.29, 0.717) is 18.3 Å². The summed E-state index contributed by atoms with van der Waals surface area (Å²) < 4.78 is 11.4. The number of anilines is 1. The molecule has 1 spiro atoms. The van der Waals surface area contributed by atoms with Crippen LogP contribution in [-0.2, 0) is 14.3 Å². The predicted molar refractivity (Wildman–Crippen MR) is 85.1 cm³/mol. The Morgan fingerprint density at radius 1 is 1.32 bits per heavy atom. The molecule has 1 atom stereocenters. The van der Waals surface area contributed by atoms with Gasteiger partial charge in [-0.05, 0) is 20.8 Å². The molecule has 3 rings (SSSR count). The standard InChI is InChI=1S/C15H23N3O3S/c1-10-12(3)22-14(16-10)17-13(19)11(2)18-6-4-15(5-7-18)20-8-9-21-15/h11H,4-9H2,1-3H3,(H,16,17,19)/t11-/m1/s1. The maximum atomic E-state index is 12.4. The second-order valence-electron chi connectivity index (χ2n) is 5.97. The lowest BCUT2D eigenvalue weighted by Gasteiger charge is -2.39. The smallest absolute Gasteiger partial charge is 0.243 e. The van der Waals surface area contributed by atoms with Crippen LogP contribution in [0.5, 0.6) is 0 Å². The lowest BCUT2D eigenvalue weighted by Crippen LogP contribution is -2.51. The molecule has 122 valence electrons. The Kier molecular flexibility index (Phi) is 4.49. The molecule has 1 aromatic rings. The summed E-state index contributed by atoms with van der Waals surface area (Å²) in [5, 5.41) is 3.61. The van der Waals surface area contributed by atoms with E-state index in [1.165, 1.54) is 11.3 Å². The topological polar surface area (TPSA) is 63.7 Å². The third-order valence-electron chi connectivity index (χ3n) is 4.56. The monoisotopic (exact) mass is 325 g/mol. The summed E-state index contributed by atoms with van der Waals surface area (Å²) in [5.74, 6) is -0.395. The quantitative estimate of drug-likeness (QED) is 0.920. The van der Waals surface area contributed by atoms with Crippen molar-refractivity contribution in [2.45, 2.75) is 45.4 Å². The molecule has 1 amide bonds. The fourth-order valence-electron chi connectivity index (χ4n) is 2.94. The molecule has 1 N–H and O–H groups in total. The summed E-state index contributed by atoms with van der Waals surface area (Å²) in [6.07, 6.45) is 1.64. The van der Waals surface area contributed by atoms with Gasteiger partial charge in [0.05, 0.1) is 24.9 Å². The Morgan fingerprint density at radius 3 is 2.50 bits per heavy atom. The van der Waals surface area contributed by atoms with Gasteiger partial charge in [-0.15, -0.1) is 11.3 Å². The van der Waals surface area contributed by atoms with Crippen molar-refractivity contribution in [3.8, 4) is 0 Å². The van der Waals surface area contributed by atoms with Crippen molar-refractivity contribution >= 4 is 22.4 Å². The van der Waals surface area contributed by atoms with Gasteiger partial charge < -0.3 is 14.8 Å². The molecule has 1 aromatic heterocycles. The number of nitrogens with zero attached hydrogens (tertiary/aromatic N) is 2. The van der Waals surface area contributed by atoms with Crippen molar-refractivity contribution in [3.63, 3.8) is 0 Å². The Labute approximate surface area is 134 Å². The van der Waals surface area contributed by atoms with Crippen LogP contribution in [0.2, 0.25) is 0 Å². The molecule has 0 saturated carbocycles. The van der Waals surface area contributed by atoms with Gasteiger partial charge in [-0.25, -0.2) is 4.98 Å². The van der Waals surface area contributed by atoms with Gasteiger partial charge in [0.15, 0.2) is 10.9 Å². The number of hydrogen-bond donors (Lipinski definition) is 1. The SMILES string of the molecule is Cc1nc(NC(=O)[C@@H](C)N2CCC3(CC2)OCCO3)sc1C. The van der Waals surface area contributed by atoms with Crippen molar-refractivity contribution in [1.82, 2.24) is 9.88 Å². The number of nitrogens with one attached hydrogen (secondary N) is 1. The second kappa shape index (κ2) is 6.23. The molecule has 22 heavy (non-hydrogen) atoms. The fourth-order valence-corrected chi connectivity index (χ4v) is 3.76. The maximum Gasteiger partial charge on any atom is 0.243 e. The third kappa shape index (κ3) is 3.17. The van der Waals surface area contributed by atoms with E-state index in [0.717, 1.165) is 36.5 Å². The van der Waals surface area contributed by atoms with Crippen LogP contribution in [-0.4, -0.2) is 53.9 Å². The Bertz CT molecular complexity index is 525. The van der Waals surface area contributed by atoms with Crippen molar-refractivity contribution in [1.29, 1.82) is 0 Å². The van der Waals surface area contributed by atoms with Crippen LogP contribution in [0.1, 0.15) is 30.3 Å². The molecular formula is C15H23N3O3S. The molecule has 2 saturated heterocycles. The highest BCUT2D eigenvalue weighted by atomic mass is 32.1. The first-order valence-electron chi connectivity index (χ1n) is 7.76. The summed E-state index contributed by atoms with van der Waals surface area (Å²) in [6, 6.07) is -0.178. The number of rotatable bonds is 3. The summed E-state index contributed by atoms with van der Waals surface area (Å²) in [7, 11) is 0. The Morgan fingerprint density at radius 2 is 1.95 bits per heavy atom. The van der Waals surface area contributed by atoms with E-state index in [1.807, 2.05) is 20.8 Å². The average molecular weight is 325 g/mol. The van der Waals surface area contributed by atoms with Crippen LogP contribution < -0.4 is 5.32 Å². The lowest BCUT2D eigenvalue weighted by molar-refractivity contribution is -0.187. The van der Waals surface area contributed by atoms with E-state index in [1.54, 1.807) is 0 Å². The first-order valence-corrected chi connectivity index (χ1v) is 8.58. The normalized spacial score (nSPS) is 22.9. The van der Waals surface area contributed by atoms with Crippen molar-refractivity contribution in [3.05, 3.63) is 10.6 Å². The number of likely N-dealkylation sites (tertiary alicyclic amines) is 1. The minimum Gasteiger partial charge on any atom is -0.347 e. The lowest BCUT2D eigenvalue weighted by atomic mass is 10.0. The number of amides is 1. The molecule has 0 aliphatic carbocycles. The van der Waals surface area contributed by atoms with Crippen molar-refractivity contribution < 1.29 is 14.3 Å². The van der Waals surface area contributed by atoms with Crippen LogP contribution >= 0.6 is 11.3 Å². The zero-order chi connectivity index (χ0) is 15.7. The zero-order valence-corrected chi connectivity index (χ0v) is 14.2. The molecule has 0 radical (unpaired) electrons. The number of hydrogen-bond acceptors (Lipinski definition) is 6. The summed E-state index contributed by atoms with van der Waals surface area (Å²) in [6.45, 7) is 8.89. The number of aromatic nitrogens is 1. The number of ether oxygens (including phenoxy) is 2. The number of piperidine rings is 1. The van der Waals surface area contributed by atoms with Gasteiger partial charge in [-0.1, -0.05) is 0 Å². The van der Waals surface area contributed by atoms with Gasteiger partial charge in [-0.3, -0.25) is 9.69 Å². The molecule has 0 aromatic carbocycles. The van der Waals surface area contributed by atoms with Gasteiger partial charge in [0.2, 0.25) is 5.91 Å². The Balaban J connectivity index is 1.55. The van der Waals surface area contributed by atoms with E-state index < -0.39 is 5.79 Å². The summed E-state index contributed by atoms with van der Waals surface area (Å²) in [5.41, 5.74) is 0.975. The predicted octanol–water partition coefficient (Wildman–Crippen LogP) is 1.93. The second-order valence-corrected chi connectivity index (χ2v) is 7.17. The average Bonchev–Trinajstić information content (AvgIpc) is 3.07. The first-order chi connectivity index (χ1) is 10.5. The highest BCUT2D eigenvalue weighted by molar-refractivity contribution is 7.15. The van der Waals surface area contributed by atoms with Crippen LogP contribution in [0, 0.1) is 13.8 Å². The van der Waals surface area contributed by atoms with Crippen molar-refractivity contribution in [2.75, 3.05) is 31.6 Å². The molecular weight excluding hydrogens is 302 g/mol. The fraction of sp³-hybridized carbons (Fsp3) is 0.733. The Hall–Kier alpha value is -1.02. The highest BCUT2D eigenvalue weighted by Crippen LogP contribution is 2.32. The van der Waals surface area contributed by atoms with Crippen molar-refractivity contribution in [2.24, 2.45) is 0 Å². The minimum absolute atomic E-state index is 0.00189. The number of carbonyl (C=O) groups excluding carboxylic acids is 1. The zero-order valence-electron chi connectivity index (χ0n) is 13.3. The molecule has 2 aliphatic rings. The maximum absolute atomic E-state index is 12.4. The molecule has 6 nitrogen and oxygen atoms in total. The first kappa shape index (κ1) is 15.9. The number of thiazole rings is 1. The molecule has 2 aliphatic heterocycles. The molecule has 0 bridgehead atoms. The molecule has 0 unspecified atom stereocenters. The number of carbonyl (C=O) groups is 1. The van der Waals surface area contributed by atoms with E-state index in [2.05, 4.69) is 15.2 Å². The van der Waals surface area contributed by atoms with Gasteiger partial charge in [0.25, 0.3) is 0 Å². The summed E-state index contributed by atoms with van der Waals surface area (Å²) >= 11 is 1.52. The highest BCUT2D eigenvalue weighted by Gasteiger charge is 2.41.